The molecule has 0 radical (unpaired) electrons. The van der Waals surface area contributed by atoms with Crippen molar-refractivity contribution in [3.05, 3.63) is 29.8 Å². The van der Waals surface area contributed by atoms with Gasteiger partial charge in [-0.3, -0.25) is 4.99 Å². The van der Waals surface area contributed by atoms with Crippen molar-refractivity contribution in [2.75, 3.05) is 20.7 Å². The predicted molar refractivity (Wildman–Crippen MR) is 91.4 cm³/mol. The van der Waals surface area contributed by atoms with Gasteiger partial charge in [-0.1, -0.05) is 32.0 Å². The maximum atomic E-state index is 5.31. The van der Waals surface area contributed by atoms with E-state index in [-0.39, 0.29) is 24.0 Å². The highest BCUT2D eigenvalue weighted by molar-refractivity contribution is 14.0. The number of halogens is 1. The number of methoxy groups -OCH3 is 1. The molecule has 0 atom stereocenters. The van der Waals surface area contributed by atoms with Crippen LogP contribution >= 0.6 is 24.0 Å². The van der Waals surface area contributed by atoms with Gasteiger partial charge in [0.2, 0.25) is 0 Å². The molecule has 0 aliphatic carbocycles. The number of ether oxygens (including phenoxy) is 1. The smallest absolute Gasteiger partial charge is 0.191 e. The molecule has 0 aliphatic rings. The Morgan fingerprint density at radius 3 is 2.53 bits per heavy atom. The summed E-state index contributed by atoms with van der Waals surface area (Å²) in [5.74, 6) is 2.30. The van der Waals surface area contributed by atoms with Crippen LogP contribution in [0.3, 0.4) is 0 Å². The van der Waals surface area contributed by atoms with Crippen molar-refractivity contribution in [1.82, 2.24) is 10.6 Å². The Hall–Kier alpha value is -0.980. The number of nitrogens with zero attached hydrogens (tertiary/aromatic N) is 1. The normalized spacial score (nSPS) is 10.9. The second kappa shape index (κ2) is 9.89. The highest BCUT2D eigenvalue weighted by atomic mass is 127. The summed E-state index contributed by atoms with van der Waals surface area (Å²) in [5, 5.41) is 6.55. The van der Waals surface area contributed by atoms with Crippen LogP contribution in [0.4, 0.5) is 0 Å². The highest BCUT2D eigenvalue weighted by Gasteiger charge is 2.03. The molecule has 108 valence electrons. The fourth-order valence-corrected chi connectivity index (χ4v) is 1.55. The lowest BCUT2D eigenvalue weighted by Gasteiger charge is -2.14. The van der Waals surface area contributed by atoms with Gasteiger partial charge in [0, 0.05) is 25.7 Å². The Balaban J connectivity index is 0.00000324. The van der Waals surface area contributed by atoms with Gasteiger partial charge in [-0.2, -0.15) is 0 Å². The third-order valence-electron chi connectivity index (χ3n) is 2.54. The van der Waals surface area contributed by atoms with E-state index in [1.807, 2.05) is 24.3 Å². The predicted octanol–water partition coefficient (Wildman–Crippen LogP) is 2.63. The van der Waals surface area contributed by atoms with Gasteiger partial charge in [-0.25, -0.2) is 0 Å². The van der Waals surface area contributed by atoms with E-state index < -0.39 is 0 Å². The second-order valence-corrected chi connectivity index (χ2v) is 4.51. The van der Waals surface area contributed by atoms with Gasteiger partial charge in [0.15, 0.2) is 5.96 Å². The molecule has 0 bridgehead atoms. The maximum absolute atomic E-state index is 5.31. The minimum Gasteiger partial charge on any atom is -0.496 e. The van der Waals surface area contributed by atoms with Crippen molar-refractivity contribution in [3.8, 4) is 5.75 Å². The van der Waals surface area contributed by atoms with Crippen molar-refractivity contribution >= 4 is 29.9 Å². The van der Waals surface area contributed by atoms with Crippen LogP contribution in [0.5, 0.6) is 5.75 Å². The Morgan fingerprint density at radius 1 is 1.26 bits per heavy atom. The molecule has 1 aromatic rings. The molecule has 0 aromatic heterocycles. The second-order valence-electron chi connectivity index (χ2n) is 4.51. The third kappa shape index (κ3) is 6.66. The number of hydrogen-bond donors (Lipinski definition) is 2. The number of rotatable bonds is 5. The Kier molecular flexibility index (Phi) is 9.38. The van der Waals surface area contributed by atoms with E-state index >= 15 is 0 Å². The lowest BCUT2D eigenvalue weighted by molar-refractivity contribution is 0.409. The highest BCUT2D eigenvalue weighted by Crippen LogP contribution is 2.16. The van der Waals surface area contributed by atoms with Gasteiger partial charge in [0.1, 0.15) is 5.75 Å². The van der Waals surface area contributed by atoms with Crippen LogP contribution < -0.4 is 15.4 Å². The molecular weight excluding hydrogens is 353 g/mol. The maximum Gasteiger partial charge on any atom is 0.191 e. The van der Waals surface area contributed by atoms with Crippen LogP contribution in [0.2, 0.25) is 0 Å². The number of para-hydroxylation sites is 1. The fourth-order valence-electron chi connectivity index (χ4n) is 1.55. The topological polar surface area (TPSA) is 45.7 Å². The minimum absolute atomic E-state index is 0. The Morgan fingerprint density at radius 2 is 1.95 bits per heavy atom. The van der Waals surface area contributed by atoms with Crippen LogP contribution in [0.25, 0.3) is 0 Å². The molecule has 0 saturated carbocycles. The van der Waals surface area contributed by atoms with Gasteiger partial charge < -0.3 is 15.4 Å². The molecule has 2 N–H and O–H groups in total. The van der Waals surface area contributed by atoms with Crippen molar-refractivity contribution in [2.24, 2.45) is 10.9 Å². The summed E-state index contributed by atoms with van der Waals surface area (Å²) < 4.78 is 5.31. The SMILES string of the molecule is CN=C(NCc1ccccc1OC)NCC(C)C.I. The van der Waals surface area contributed by atoms with E-state index in [4.69, 9.17) is 4.74 Å². The standard InChI is InChI=1S/C14H23N3O.HI/c1-11(2)9-16-14(15-3)17-10-12-7-5-6-8-13(12)18-4;/h5-8,11H,9-10H2,1-4H3,(H2,15,16,17);1H. The van der Waals surface area contributed by atoms with Gasteiger partial charge >= 0.3 is 0 Å². The number of nitrogens with one attached hydrogen (secondary N) is 2. The Labute approximate surface area is 133 Å². The summed E-state index contributed by atoms with van der Waals surface area (Å²) in [6.45, 7) is 5.94. The van der Waals surface area contributed by atoms with Gasteiger partial charge in [0.05, 0.1) is 7.11 Å². The van der Waals surface area contributed by atoms with E-state index in [0.29, 0.717) is 12.5 Å². The van der Waals surface area contributed by atoms with Crippen molar-refractivity contribution in [1.29, 1.82) is 0 Å². The average Bonchev–Trinajstić information content (AvgIpc) is 2.39. The van der Waals surface area contributed by atoms with Crippen LogP contribution in [-0.2, 0) is 6.54 Å². The minimum atomic E-state index is 0. The lowest BCUT2D eigenvalue weighted by atomic mass is 10.2. The molecule has 0 spiro atoms. The monoisotopic (exact) mass is 377 g/mol. The summed E-state index contributed by atoms with van der Waals surface area (Å²) in [7, 11) is 3.46. The van der Waals surface area contributed by atoms with Crippen LogP contribution in [-0.4, -0.2) is 26.7 Å². The molecule has 0 fully saturated rings. The summed E-state index contributed by atoms with van der Waals surface area (Å²) >= 11 is 0. The van der Waals surface area contributed by atoms with E-state index in [1.54, 1.807) is 14.2 Å². The molecule has 0 aliphatic heterocycles. The molecule has 19 heavy (non-hydrogen) atoms. The first-order chi connectivity index (χ1) is 8.67. The summed E-state index contributed by atoms with van der Waals surface area (Å²) in [4.78, 5) is 4.18. The van der Waals surface area contributed by atoms with Crippen LogP contribution in [0.1, 0.15) is 19.4 Å². The zero-order chi connectivity index (χ0) is 13.4. The van der Waals surface area contributed by atoms with Crippen molar-refractivity contribution in [2.45, 2.75) is 20.4 Å². The first-order valence-corrected chi connectivity index (χ1v) is 6.23. The quantitative estimate of drug-likeness (QED) is 0.471. The first-order valence-electron chi connectivity index (χ1n) is 6.23. The summed E-state index contributed by atoms with van der Waals surface area (Å²) in [6, 6.07) is 7.97. The van der Waals surface area contributed by atoms with Gasteiger partial charge in [-0.15, -0.1) is 24.0 Å². The van der Waals surface area contributed by atoms with Crippen LogP contribution in [0.15, 0.2) is 29.3 Å². The molecule has 1 rings (SSSR count). The van der Waals surface area contributed by atoms with Crippen molar-refractivity contribution < 1.29 is 4.74 Å². The fraction of sp³-hybridized carbons (Fsp3) is 0.500. The van der Waals surface area contributed by atoms with Gasteiger partial charge in [0.25, 0.3) is 0 Å². The Bertz CT molecular complexity index is 394. The van der Waals surface area contributed by atoms with Gasteiger partial charge in [-0.05, 0) is 12.0 Å². The van der Waals surface area contributed by atoms with Crippen LogP contribution in [0, 0.1) is 5.92 Å². The molecule has 0 unspecified atom stereocenters. The largest absolute Gasteiger partial charge is 0.496 e. The number of aliphatic imine (C=N–C) groups is 1. The molecule has 0 saturated heterocycles. The molecule has 4 nitrogen and oxygen atoms in total. The van der Waals surface area contributed by atoms with E-state index in [1.165, 1.54) is 0 Å². The first kappa shape index (κ1) is 18.0. The third-order valence-corrected chi connectivity index (χ3v) is 2.54. The molecule has 0 amide bonds. The summed E-state index contributed by atoms with van der Waals surface area (Å²) in [5.41, 5.74) is 1.12. The van der Waals surface area contributed by atoms with E-state index in [9.17, 15) is 0 Å². The van der Waals surface area contributed by atoms with E-state index in [0.717, 1.165) is 23.8 Å². The lowest BCUT2D eigenvalue weighted by Crippen LogP contribution is -2.38. The zero-order valence-electron chi connectivity index (χ0n) is 12.1. The zero-order valence-corrected chi connectivity index (χ0v) is 14.4. The molecular formula is C14H24IN3O. The molecule has 1 aromatic carbocycles. The van der Waals surface area contributed by atoms with E-state index in [2.05, 4.69) is 29.5 Å². The summed E-state index contributed by atoms with van der Waals surface area (Å²) in [6.07, 6.45) is 0. The molecule has 5 heteroatoms. The van der Waals surface area contributed by atoms with Crippen molar-refractivity contribution in [3.63, 3.8) is 0 Å². The number of benzene rings is 1. The average molecular weight is 377 g/mol. The number of hydrogen-bond acceptors (Lipinski definition) is 2. The number of guanidine groups is 1. The molecule has 0 heterocycles.